The molecule has 0 aliphatic carbocycles. The van der Waals surface area contributed by atoms with Crippen LogP contribution in [0.5, 0.6) is 0 Å². The third-order valence-electron chi connectivity index (χ3n) is 6.05. The van der Waals surface area contributed by atoms with Crippen molar-refractivity contribution in [1.82, 2.24) is 0 Å². The van der Waals surface area contributed by atoms with E-state index < -0.39 is 32.5 Å². The molecule has 38 heavy (non-hydrogen) atoms. The van der Waals surface area contributed by atoms with Crippen molar-refractivity contribution in [2.75, 3.05) is 26.4 Å². The Kier molecular flexibility index (Phi) is 25.1. The summed E-state index contributed by atoms with van der Waals surface area (Å²) in [5.41, 5.74) is 5.28. The number of unbranched alkanes of at least 4 members (excludes halogenated alkanes) is 14. The lowest BCUT2D eigenvalue weighted by Gasteiger charge is -2.19. The van der Waals surface area contributed by atoms with E-state index in [2.05, 4.69) is 13.5 Å². The highest BCUT2D eigenvalue weighted by Crippen LogP contribution is 2.43. The summed E-state index contributed by atoms with van der Waals surface area (Å²) >= 11 is 0. The maximum Gasteiger partial charge on any atom is 0.472 e. The topological polar surface area (TPSA) is 134 Å². The minimum absolute atomic E-state index is 0.0521. The van der Waals surface area contributed by atoms with Gasteiger partial charge in [0.1, 0.15) is 6.61 Å². The lowest BCUT2D eigenvalue weighted by molar-refractivity contribution is -0.161. The van der Waals surface area contributed by atoms with Gasteiger partial charge in [0.05, 0.1) is 13.2 Å². The molecule has 224 valence electrons. The van der Waals surface area contributed by atoms with E-state index in [4.69, 9.17) is 24.3 Å². The summed E-state index contributed by atoms with van der Waals surface area (Å²) in [6.07, 6.45) is 18.8. The second-order valence-electron chi connectivity index (χ2n) is 9.71. The first-order chi connectivity index (χ1) is 18.3. The van der Waals surface area contributed by atoms with Crippen LogP contribution in [0.3, 0.4) is 0 Å². The van der Waals surface area contributed by atoms with Gasteiger partial charge in [-0.25, -0.2) is 4.57 Å². The maximum atomic E-state index is 12.3. The van der Waals surface area contributed by atoms with Gasteiger partial charge in [0, 0.05) is 19.4 Å². The van der Waals surface area contributed by atoms with Gasteiger partial charge in [-0.3, -0.25) is 18.6 Å². The molecule has 1 unspecified atom stereocenters. The molecule has 0 aromatic heterocycles. The normalized spacial score (nSPS) is 13.6. The van der Waals surface area contributed by atoms with Crippen LogP contribution in [0.25, 0.3) is 0 Å². The van der Waals surface area contributed by atoms with Crippen LogP contribution in [0.1, 0.15) is 122 Å². The molecule has 0 bridgehead atoms. The van der Waals surface area contributed by atoms with Crippen molar-refractivity contribution in [3.05, 3.63) is 12.7 Å². The number of allylic oxidation sites excluding steroid dienone is 1. The summed E-state index contributed by atoms with van der Waals surface area (Å²) in [7, 11) is -4.35. The SMILES string of the molecule is C=CCCCCCCCC(=O)O[C@H](COC(=O)CCCCCCCCCCCC)COP(=O)(O)OCCN. The lowest BCUT2D eigenvalue weighted by atomic mass is 10.1. The zero-order valence-electron chi connectivity index (χ0n) is 23.7. The predicted molar refractivity (Wildman–Crippen MR) is 151 cm³/mol. The van der Waals surface area contributed by atoms with E-state index in [1.807, 2.05) is 6.08 Å². The van der Waals surface area contributed by atoms with Crippen LogP contribution in [0.4, 0.5) is 0 Å². The molecule has 0 fully saturated rings. The smallest absolute Gasteiger partial charge is 0.462 e. The van der Waals surface area contributed by atoms with Crippen molar-refractivity contribution < 1.29 is 37.6 Å². The van der Waals surface area contributed by atoms with Crippen molar-refractivity contribution in [1.29, 1.82) is 0 Å². The van der Waals surface area contributed by atoms with Crippen molar-refractivity contribution in [2.24, 2.45) is 5.73 Å². The molecule has 0 saturated carbocycles. The highest BCUT2D eigenvalue weighted by Gasteiger charge is 2.25. The number of rotatable bonds is 28. The first kappa shape index (κ1) is 36.8. The number of hydrogen-bond donors (Lipinski definition) is 2. The van der Waals surface area contributed by atoms with Crippen molar-refractivity contribution in [3.63, 3.8) is 0 Å². The molecule has 0 aliphatic heterocycles. The highest BCUT2D eigenvalue weighted by molar-refractivity contribution is 7.47. The van der Waals surface area contributed by atoms with Crippen LogP contribution in [0.15, 0.2) is 12.7 Å². The van der Waals surface area contributed by atoms with Crippen molar-refractivity contribution in [3.8, 4) is 0 Å². The number of esters is 2. The molecule has 0 heterocycles. The van der Waals surface area contributed by atoms with Gasteiger partial charge >= 0.3 is 19.8 Å². The molecular formula is C28H54NO8P. The first-order valence-corrected chi connectivity index (χ1v) is 16.1. The summed E-state index contributed by atoms with van der Waals surface area (Å²) in [5.74, 6) is -0.859. The minimum atomic E-state index is -4.35. The maximum absolute atomic E-state index is 12.3. The Morgan fingerprint density at radius 2 is 1.34 bits per heavy atom. The number of ether oxygens (including phenoxy) is 2. The highest BCUT2D eigenvalue weighted by atomic mass is 31.2. The average molecular weight is 564 g/mol. The van der Waals surface area contributed by atoms with E-state index in [0.717, 1.165) is 51.4 Å². The minimum Gasteiger partial charge on any atom is -0.462 e. The Labute approximate surface area is 230 Å². The van der Waals surface area contributed by atoms with E-state index >= 15 is 0 Å². The van der Waals surface area contributed by atoms with Gasteiger partial charge < -0.3 is 20.1 Å². The van der Waals surface area contributed by atoms with Crippen molar-refractivity contribution >= 4 is 19.8 Å². The Hall–Kier alpha value is -1.25. The molecule has 0 aromatic rings. The van der Waals surface area contributed by atoms with Crippen LogP contribution >= 0.6 is 7.82 Å². The molecule has 0 saturated heterocycles. The molecule has 0 aliphatic rings. The third-order valence-corrected chi connectivity index (χ3v) is 7.03. The van der Waals surface area contributed by atoms with Gasteiger partial charge in [-0.15, -0.1) is 6.58 Å². The Morgan fingerprint density at radius 1 is 0.816 bits per heavy atom. The summed E-state index contributed by atoms with van der Waals surface area (Å²) in [5, 5.41) is 0. The van der Waals surface area contributed by atoms with Gasteiger partial charge in [-0.05, 0) is 25.7 Å². The Morgan fingerprint density at radius 3 is 1.89 bits per heavy atom. The zero-order valence-corrected chi connectivity index (χ0v) is 24.6. The molecule has 9 nitrogen and oxygen atoms in total. The molecule has 0 amide bonds. The molecule has 2 atom stereocenters. The number of phosphoric ester groups is 1. The fourth-order valence-corrected chi connectivity index (χ4v) is 4.61. The van der Waals surface area contributed by atoms with E-state index in [9.17, 15) is 19.0 Å². The third kappa shape index (κ3) is 25.1. The van der Waals surface area contributed by atoms with E-state index in [1.54, 1.807) is 0 Å². The molecule has 3 N–H and O–H groups in total. The standard InChI is InChI=1S/C28H54NO8P/c1-3-5-7-9-11-12-13-15-16-18-20-27(30)34-24-26(25-36-38(32,33)35-23-22-29)37-28(31)21-19-17-14-10-8-6-4-2/h4,26H,2-3,5-25,29H2,1H3,(H,32,33)/t26-/m1/s1. The largest absolute Gasteiger partial charge is 0.472 e. The summed E-state index contributed by atoms with van der Waals surface area (Å²) < 4.78 is 32.2. The lowest BCUT2D eigenvalue weighted by Crippen LogP contribution is -2.29. The zero-order chi connectivity index (χ0) is 28.3. The quantitative estimate of drug-likeness (QED) is 0.0458. The number of carbonyl (C=O) groups excluding carboxylic acids is 2. The monoisotopic (exact) mass is 563 g/mol. The number of phosphoric acid groups is 1. The summed E-state index contributed by atoms with van der Waals surface area (Å²) in [6.45, 7) is 5.14. The second-order valence-corrected chi connectivity index (χ2v) is 11.2. The summed E-state index contributed by atoms with van der Waals surface area (Å²) in [6, 6.07) is 0. The fourth-order valence-electron chi connectivity index (χ4n) is 3.85. The van der Waals surface area contributed by atoms with E-state index in [0.29, 0.717) is 6.42 Å². The number of hydrogen-bond acceptors (Lipinski definition) is 8. The van der Waals surface area contributed by atoms with Crippen molar-refractivity contribution in [2.45, 2.75) is 129 Å². The van der Waals surface area contributed by atoms with Gasteiger partial charge in [0.2, 0.25) is 0 Å². The fraction of sp³-hybridized carbons (Fsp3) is 0.857. The average Bonchev–Trinajstić information content (AvgIpc) is 2.89. The van der Waals surface area contributed by atoms with Crippen LogP contribution in [0.2, 0.25) is 0 Å². The first-order valence-electron chi connectivity index (χ1n) is 14.6. The van der Waals surface area contributed by atoms with Crippen LogP contribution in [0, 0.1) is 0 Å². The van der Waals surface area contributed by atoms with Gasteiger partial charge in [-0.1, -0.05) is 90.0 Å². The molecular weight excluding hydrogens is 509 g/mol. The number of carbonyl (C=O) groups is 2. The molecule has 0 spiro atoms. The number of nitrogens with two attached hydrogens (primary N) is 1. The predicted octanol–water partition coefficient (Wildman–Crippen LogP) is 6.76. The molecule has 0 radical (unpaired) electrons. The molecule has 0 aromatic carbocycles. The van der Waals surface area contributed by atoms with Crippen LogP contribution < -0.4 is 5.73 Å². The van der Waals surface area contributed by atoms with Gasteiger partial charge in [-0.2, -0.15) is 0 Å². The van der Waals surface area contributed by atoms with E-state index in [1.165, 1.54) is 44.9 Å². The molecule has 0 rings (SSSR count). The van der Waals surface area contributed by atoms with Gasteiger partial charge in [0.25, 0.3) is 0 Å². The Balaban J connectivity index is 4.33. The molecule has 10 heteroatoms. The van der Waals surface area contributed by atoms with Gasteiger partial charge in [0.15, 0.2) is 6.10 Å². The van der Waals surface area contributed by atoms with Crippen LogP contribution in [-0.4, -0.2) is 49.3 Å². The second kappa shape index (κ2) is 26.0. The van der Waals surface area contributed by atoms with Crippen LogP contribution in [-0.2, 0) is 32.7 Å². The Bertz CT molecular complexity index is 646. The summed E-state index contributed by atoms with van der Waals surface area (Å²) in [4.78, 5) is 34.2. The van der Waals surface area contributed by atoms with E-state index in [-0.39, 0.29) is 32.6 Å².